The Morgan fingerprint density at radius 1 is 1.32 bits per heavy atom. The Kier molecular flexibility index (Phi) is 4.75. The van der Waals surface area contributed by atoms with Crippen LogP contribution in [0.3, 0.4) is 0 Å². The van der Waals surface area contributed by atoms with Crippen LogP contribution >= 0.6 is 0 Å². The maximum Gasteiger partial charge on any atom is 0.253 e. The molecule has 1 saturated heterocycles. The lowest BCUT2D eigenvalue weighted by Gasteiger charge is -2.39. The first-order valence-electron chi connectivity index (χ1n) is 8.39. The molecule has 1 unspecified atom stereocenters. The van der Waals surface area contributed by atoms with Crippen LogP contribution in [0.4, 0.5) is 10.2 Å². The summed E-state index contributed by atoms with van der Waals surface area (Å²) in [5.74, 6) is -0.618. The number of aromatic nitrogens is 2. The number of hydrogen-bond donors (Lipinski definition) is 2. The minimum atomic E-state index is -2.29. The zero-order chi connectivity index (χ0) is 19.8. The summed E-state index contributed by atoms with van der Waals surface area (Å²) in [5, 5.41) is 3.28. The molecule has 1 aliphatic rings. The van der Waals surface area contributed by atoms with Crippen LogP contribution in [0, 0.1) is 5.82 Å². The third-order valence-electron chi connectivity index (χ3n) is 4.52. The molecular formula is C18H15FN5O3S-. The van der Waals surface area contributed by atoms with Crippen LogP contribution < -0.4 is 11.1 Å². The number of hydrogen-bond acceptors (Lipinski definition) is 6. The SMILES string of the molecule is Nc1ncc(C(=O)NC2CN(S(=O)[O-])C2)c2ccc(-c3cccc(F)c3)nc12. The number of benzene rings is 1. The summed E-state index contributed by atoms with van der Waals surface area (Å²) >= 11 is -2.29. The predicted octanol–water partition coefficient (Wildman–Crippen LogP) is 1.23. The molecule has 3 N–H and O–H groups in total. The van der Waals surface area contributed by atoms with Crippen molar-refractivity contribution in [1.82, 2.24) is 19.6 Å². The Labute approximate surface area is 162 Å². The fourth-order valence-electron chi connectivity index (χ4n) is 3.04. The molecule has 0 aliphatic carbocycles. The summed E-state index contributed by atoms with van der Waals surface area (Å²) < 4.78 is 36.3. The maximum absolute atomic E-state index is 13.5. The minimum absolute atomic E-state index is 0.154. The zero-order valence-electron chi connectivity index (χ0n) is 14.5. The van der Waals surface area contributed by atoms with Crippen molar-refractivity contribution in [3.63, 3.8) is 0 Å². The maximum atomic E-state index is 13.5. The summed E-state index contributed by atoms with van der Waals surface area (Å²) in [4.78, 5) is 21.1. The summed E-state index contributed by atoms with van der Waals surface area (Å²) in [6.45, 7) is 0.453. The van der Waals surface area contributed by atoms with E-state index in [2.05, 4.69) is 15.3 Å². The Morgan fingerprint density at radius 3 is 2.82 bits per heavy atom. The second kappa shape index (κ2) is 7.23. The first kappa shape index (κ1) is 18.4. The second-order valence-electron chi connectivity index (χ2n) is 6.39. The third kappa shape index (κ3) is 3.44. The highest BCUT2D eigenvalue weighted by Gasteiger charge is 2.29. The first-order valence-corrected chi connectivity index (χ1v) is 9.42. The number of amides is 1. The van der Waals surface area contributed by atoms with Gasteiger partial charge in [0, 0.05) is 41.5 Å². The van der Waals surface area contributed by atoms with E-state index in [4.69, 9.17) is 5.73 Å². The first-order chi connectivity index (χ1) is 13.4. The largest absolute Gasteiger partial charge is 0.760 e. The number of anilines is 1. The van der Waals surface area contributed by atoms with Gasteiger partial charge in [0.1, 0.15) is 17.2 Å². The van der Waals surface area contributed by atoms with E-state index in [-0.39, 0.29) is 42.2 Å². The molecule has 144 valence electrons. The average Bonchev–Trinajstić information content (AvgIpc) is 2.64. The molecule has 2 aromatic heterocycles. The lowest BCUT2D eigenvalue weighted by molar-refractivity contribution is 0.0895. The van der Waals surface area contributed by atoms with Gasteiger partial charge < -0.3 is 15.6 Å². The lowest BCUT2D eigenvalue weighted by Crippen LogP contribution is -2.59. The number of nitrogens with zero attached hydrogens (tertiary/aromatic N) is 3. The number of nitrogen functional groups attached to an aromatic ring is 1. The Morgan fingerprint density at radius 2 is 2.11 bits per heavy atom. The standard InChI is InChI=1S/C18H16FN5O3S/c19-11-3-1-2-10(6-11)15-5-4-13-14(7-21-17(20)16(13)23-15)18(25)22-12-8-24(9-12)28(26)27/h1-7,12H,8-9H2,(H2,20,21)(H,22,25)(H,26,27)/p-1. The molecule has 10 heteroatoms. The van der Waals surface area contributed by atoms with Crippen LogP contribution in [0.15, 0.2) is 42.6 Å². The third-order valence-corrected chi connectivity index (χ3v) is 5.24. The normalized spacial score (nSPS) is 15.9. The van der Waals surface area contributed by atoms with Crippen molar-refractivity contribution in [2.45, 2.75) is 6.04 Å². The van der Waals surface area contributed by atoms with Gasteiger partial charge in [-0.05, 0) is 24.3 Å². The van der Waals surface area contributed by atoms with Crippen molar-refractivity contribution in [3.8, 4) is 11.3 Å². The van der Waals surface area contributed by atoms with Crippen LogP contribution in [-0.2, 0) is 11.3 Å². The molecule has 0 bridgehead atoms. The molecule has 0 spiro atoms. The van der Waals surface area contributed by atoms with Gasteiger partial charge in [0.05, 0.1) is 17.3 Å². The van der Waals surface area contributed by atoms with E-state index >= 15 is 0 Å². The van der Waals surface area contributed by atoms with Crippen LogP contribution in [0.5, 0.6) is 0 Å². The van der Waals surface area contributed by atoms with Crippen LogP contribution in [0.2, 0.25) is 0 Å². The molecule has 0 radical (unpaired) electrons. The smallest absolute Gasteiger partial charge is 0.253 e. The zero-order valence-corrected chi connectivity index (χ0v) is 15.3. The van der Waals surface area contributed by atoms with Gasteiger partial charge in [0.25, 0.3) is 5.91 Å². The van der Waals surface area contributed by atoms with E-state index in [9.17, 15) is 17.9 Å². The van der Waals surface area contributed by atoms with Crippen LogP contribution in [-0.4, -0.2) is 48.1 Å². The van der Waals surface area contributed by atoms with Crippen molar-refractivity contribution in [3.05, 3.63) is 54.0 Å². The molecule has 8 nitrogen and oxygen atoms in total. The predicted molar refractivity (Wildman–Crippen MR) is 101 cm³/mol. The van der Waals surface area contributed by atoms with Crippen molar-refractivity contribution >= 4 is 33.9 Å². The second-order valence-corrected chi connectivity index (χ2v) is 7.35. The van der Waals surface area contributed by atoms with Crippen molar-refractivity contribution in [1.29, 1.82) is 0 Å². The molecule has 3 aromatic rings. The van der Waals surface area contributed by atoms with Crippen LogP contribution in [0.1, 0.15) is 10.4 Å². The molecule has 0 saturated carbocycles. The van der Waals surface area contributed by atoms with Gasteiger partial charge in [-0.3, -0.25) is 9.00 Å². The number of nitrogens with two attached hydrogens (primary N) is 1. The highest BCUT2D eigenvalue weighted by molar-refractivity contribution is 7.76. The van der Waals surface area contributed by atoms with Gasteiger partial charge in [-0.15, -0.1) is 0 Å². The van der Waals surface area contributed by atoms with E-state index in [1.807, 2.05) is 0 Å². The number of carbonyl (C=O) groups is 1. The molecule has 1 atom stereocenters. The highest BCUT2D eigenvalue weighted by atomic mass is 32.2. The fourth-order valence-corrected chi connectivity index (χ4v) is 3.64. The topological polar surface area (TPSA) is 124 Å². The number of halogens is 1. The van der Waals surface area contributed by atoms with E-state index in [1.165, 1.54) is 22.6 Å². The van der Waals surface area contributed by atoms with Gasteiger partial charge in [-0.2, -0.15) is 0 Å². The van der Waals surface area contributed by atoms with Gasteiger partial charge >= 0.3 is 0 Å². The van der Waals surface area contributed by atoms with Crippen molar-refractivity contribution in [2.24, 2.45) is 0 Å². The Balaban J connectivity index is 1.64. The van der Waals surface area contributed by atoms with Crippen molar-refractivity contribution in [2.75, 3.05) is 18.8 Å². The summed E-state index contributed by atoms with van der Waals surface area (Å²) in [5.41, 5.74) is 7.64. The minimum Gasteiger partial charge on any atom is -0.760 e. The van der Waals surface area contributed by atoms with Crippen molar-refractivity contribution < 1.29 is 17.9 Å². The quantitative estimate of drug-likeness (QED) is 0.635. The molecule has 1 amide bonds. The monoisotopic (exact) mass is 400 g/mol. The molecule has 1 aliphatic heterocycles. The Bertz CT molecular complexity index is 1100. The molecule has 3 heterocycles. The average molecular weight is 400 g/mol. The Hall–Kier alpha value is -2.95. The number of fused-ring (bicyclic) bond motifs is 1. The molecule has 1 fully saturated rings. The molecular weight excluding hydrogens is 385 g/mol. The number of pyridine rings is 2. The lowest BCUT2D eigenvalue weighted by atomic mass is 10.1. The van der Waals surface area contributed by atoms with Gasteiger partial charge in [0.15, 0.2) is 0 Å². The number of carbonyl (C=O) groups excluding carboxylic acids is 1. The highest BCUT2D eigenvalue weighted by Crippen LogP contribution is 2.26. The van der Waals surface area contributed by atoms with E-state index < -0.39 is 11.3 Å². The van der Waals surface area contributed by atoms with Crippen LogP contribution in [0.25, 0.3) is 22.2 Å². The summed E-state index contributed by atoms with van der Waals surface area (Å²) in [6.07, 6.45) is 1.36. The fraction of sp³-hybridized carbons (Fsp3) is 0.167. The molecule has 4 rings (SSSR count). The van der Waals surface area contributed by atoms with Gasteiger partial charge in [0.2, 0.25) is 0 Å². The van der Waals surface area contributed by atoms with Gasteiger partial charge in [-0.25, -0.2) is 18.7 Å². The molecule has 28 heavy (non-hydrogen) atoms. The van der Waals surface area contributed by atoms with E-state index in [0.717, 1.165) is 0 Å². The number of nitrogens with one attached hydrogen (secondary N) is 1. The van der Waals surface area contributed by atoms with E-state index in [1.54, 1.807) is 24.3 Å². The number of rotatable bonds is 4. The van der Waals surface area contributed by atoms with Gasteiger partial charge in [-0.1, -0.05) is 12.1 Å². The summed E-state index contributed by atoms with van der Waals surface area (Å²) in [7, 11) is 0. The molecule has 1 aromatic carbocycles. The summed E-state index contributed by atoms with van der Waals surface area (Å²) in [6, 6.07) is 9.11. The van der Waals surface area contributed by atoms with E-state index in [0.29, 0.717) is 22.2 Å².